The summed E-state index contributed by atoms with van der Waals surface area (Å²) in [5, 5.41) is 0. The quantitative estimate of drug-likeness (QED) is 0.725. The van der Waals surface area contributed by atoms with Crippen LogP contribution in [0.4, 0.5) is 0 Å². The topological polar surface area (TPSA) is 61.5 Å². The molecule has 94 valence electrons. The van der Waals surface area contributed by atoms with Crippen LogP contribution in [0.25, 0.3) is 0 Å². The largest absolute Gasteiger partial charge is 0.460 e. The van der Waals surface area contributed by atoms with Crippen molar-refractivity contribution >= 4 is 5.97 Å². The van der Waals surface area contributed by atoms with Gasteiger partial charge in [0.2, 0.25) is 0 Å². The van der Waals surface area contributed by atoms with Crippen molar-refractivity contribution < 1.29 is 14.3 Å². The van der Waals surface area contributed by atoms with Crippen molar-refractivity contribution in [1.29, 1.82) is 0 Å². The van der Waals surface area contributed by atoms with Crippen molar-refractivity contribution in [3.05, 3.63) is 0 Å². The molecule has 1 rings (SSSR count). The maximum Gasteiger partial charge on any atom is 0.309 e. The lowest BCUT2D eigenvalue weighted by Gasteiger charge is -2.25. The van der Waals surface area contributed by atoms with E-state index in [1.54, 1.807) is 0 Å². The molecule has 1 aliphatic rings. The van der Waals surface area contributed by atoms with Crippen molar-refractivity contribution in [2.45, 2.75) is 51.7 Å². The Morgan fingerprint density at radius 3 is 2.56 bits per heavy atom. The summed E-state index contributed by atoms with van der Waals surface area (Å²) < 4.78 is 10.5. The van der Waals surface area contributed by atoms with Crippen LogP contribution in [0, 0.1) is 5.92 Å². The van der Waals surface area contributed by atoms with E-state index < -0.39 is 0 Å². The first-order valence-corrected chi connectivity index (χ1v) is 6.17. The van der Waals surface area contributed by atoms with Crippen molar-refractivity contribution in [2.75, 3.05) is 13.2 Å². The molecule has 4 nitrogen and oxygen atoms in total. The zero-order valence-corrected chi connectivity index (χ0v) is 10.3. The second-order valence-corrected chi connectivity index (χ2v) is 4.52. The van der Waals surface area contributed by atoms with Crippen LogP contribution >= 0.6 is 0 Å². The fourth-order valence-corrected chi connectivity index (χ4v) is 1.97. The summed E-state index contributed by atoms with van der Waals surface area (Å²) in [5.74, 6) is -0.0389. The maximum absolute atomic E-state index is 11.8. The molecule has 1 saturated carbocycles. The Kier molecular flexibility index (Phi) is 5.77. The summed E-state index contributed by atoms with van der Waals surface area (Å²) in [6.07, 6.45) is 3.44. The maximum atomic E-state index is 11.8. The van der Waals surface area contributed by atoms with E-state index in [9.17, 15) is 4.79 Å². The van der Waals surface area contributed by atoms with E-state index in [2.05, 4.69) is 0 Å². The molecule has 0 aromatic rings. The molecule has 0 saturated heterocycles. The molecule has 0 amide bonds. The van der Waals surface area contributed by atoms with Crippen LogP contribution in [0.5, 0.6) is 0 Å². The molecule has 2 N–H and O–H groups in total. The van der Waals surface area contributed by atoms with Crippen LogP contribution in [0.3, 0.4) is 0 Å². The molecule has 0 heterocycles. The summed E-state index contributed by atoms with van der Waals surface area (Å²) in [5.41, 5.74) is 5.79. The number of nitrogens with two attached hydrogens (primary N) is 1. The van der Waals surface area contributed by atoms with E-state index in [0.29, 0.717) is 13.2 Å². The first kappa shape index (κ1) is 13.5. The van der Waals surface area contributed by atoms with E-state index in [1.807, 2.05) is 13.8 Å². The summed E-state index contributed by atoms with van der Waals surface area (Å²) in [7, 11) is 0. The van der Waals surface area contributed by atoms with Crippen molar-refractivity contribution in [3.8, 4) is 0 Å². The third-order valence-corrected chi connectivity index (χ3v) is 2.98. The molecule has 0 spiro atoms. The summed E-state index contributed by atoms with van der Waals surface area (Å²) in [6.45, 7) is 4.92. The zero-order chi connectivity index (χ0) is 12.0. The van der Waals surface area contributed by atoms with Gasteiger partial charge in [-0.15, -0.1) is 0 Å². The second-order valence-electron chi connectivity index (χ2n) is 4.52. The minimum absolute atomic E-state index is 0.0453. The Morgan fingerprint density at radius 2 is 2.00 bits per heavy atom. The highest BCUT2D eigenvalue weighted by molar-refractivity contribution is 5.72. The molecule has 16 heavy (non-hydrogen) atoms. The van der Waals surface area contributed by atoms with Gasteiger partial charge in [0, 0.05) is 12.6 Å². The van der Waals surface area contributed by atoms with Gasteiger partial charge < -0.3 is 15.2 Å². The average molecular weight is 229 g/mol. The first-order chi connectivity index (χ1) is 7.63. The number of hydrogen-bond acceptors (Lipinski definition) is 4. The van der Waals surface area contributed by atoms with Crippen molar-refractivity contribution in [2.24, 2.45) is 11.7 Å². The molecule has 1 fully saturated rings. The summed E-state index contributed by atoms with van der Waals surface area (Å²) in [4.78, 5) is 11.8. The molecular formula is C12H23NO3. The fraction of sp³-hybridized carbons (Fsp3) is 0.917. The van der Waals surface area contributed by atoms with Gasteiger partial charge in [-0.1, -0.05) is 0 Å². The normalized spacial score (nSPS) is 27.4. The van der Waals surface area contributed by atoms with Gasteiger partial charge in [0.15, 0.2) is 0 Å². The Morgan fingerprint density at radius 1 is 1.38 bits per heavy atom. The SMILES string of the molecule is CCOCC(C)OC(=O)C1CCC(N)CC1. The fourth-order valence-electron chi connectivity index (χ4n) is 1.97. The smallest absolute Gasteiger partial charge is 0.309 e. The second kappa shape index (κ2) is 6.86. The molecular weight excluding hydrogens is 206 g/mol. The lowest BCUT2D eigenvalue weighted by molar-refractivity contribution is -0.157. The minimum atomic E-state index is -0.150. The molecule has 0 bridgehead atoms. The van der Waals surface area contributed by atoms with Crippen LogP contribution in [0.2, 0.25) is 0 Å². The molecule has 0 radical (unpaired) electrons. The third kappa shape index (κ3) is 4.49. The molecule has 0 aromatic carbocycles. The van der Waals surface area contributed by atoms with Gasteiger partial charge in [-0.3, -0.25) is 4.79 Å². The predicted molar refractivity (Wildman–Crippen MR) is 62.0 cm³/mol. The van der Waals surface area contributed by atoms with Crippen LogP contribution < -0.4 is 5.73 Å². The highest BCUT2D eigenvalue weighted by Gasteiger charge is 2.26. The predicted octanol–water partition coefficient (Wildman–Crippen LogP) is 1.47. The van der Waals surface area contributed by atoms with Crippen molar-refractivity contribution in [3.63, 3.8) is 0 Å². The average Bonchev–Trinajstić information content (AvgIpc) is 2.27. The van der Waals surface area contributed by atoms with Crippen LogP contribution in [0.15, 0.2) is 0 Å². The minimum Gasteiger partial charge on any atom is -0.460 e. The first-order valence-electron chi connectivity index (χ1n) is 6.17. The molecule has 4 heteroatoms. The van der Waals surface area contributed by atoms with Crippen LogP contribution in [-0.2, 0) is 14.3 Å². The number of carbonyl (C=O) groups excluding carboxylic acids is 1. The van der Waals surface area contributed by atoms with Gasteiger partial charge in [-0.05, 0) is 39.5 Å². The molecule has 1 atom stereocenters. The van der Waals surface area contributed by atoms with Gasteiger partial charge in [0.25, 0.3) is 0 Å². The standard InChI is InChI=1S/C12H23NO3/c1-3-15-8-9(2)16-12(14)10-4-6-11(13)7-5-10/h9-11H,3-8,13H2,1-2H3. The summed E-state index contributed by atoms with van der Waals surface area (Å²) in [6, 6.07) is 0.268. The van der Waals surface area contributed by atoms with Gasteiger partial charge in [-0.25, -0.2) is 0 Å². The Bertz CT molecular complexity index is 212. The Labute approximate surface area is 97.5 Å². The number of esters is 1. The van der Waals surface area contributed by atoms with Gasteiger partial charge in [-0.2, -0.15) is 0 Å². The number of ether oxygens (including phenoxy) is 2. The van der Waals surface area contributed by atoms with Crippen LogP contribution in [0.1, 0.15) is 39.5 Å². The molecule has 1 aliphatic carbocycles. The van der Waals surface area contributed by atoms with Gasteiger partial charge in [0.05, 0.1) is 12.5 Å². The highest BCUT2D eigenvalue weighted by Crippen LogP contribution is 2.24. The monoisotopic (exact) mass is 229 g/mol. The van der Waals surface area contributed by atoms with E-state index in [0.717, 1.165) is 25.7 Å². The Balaban J connectivity index is 2.23. The number of carbonyl (C=O) groups is 1. The lowest BCUT2D eigenvalue weighted by atomic mass is 9.86. The number of rotatable bonds is 5. The third-order valence-electron chi connectivity index (χ3n) is 2.98. The van der Waals surface area contributed by atoms with Crippen LogP contribution in [-0.4, -0.2) is 31.3 Å². The van der Waals surface area contributed by atoms with Gasteiger partial charge >= 0.3 is 5.97 Å². The molecule has 0 aromatic heterocycles. The highest BCUT2D eigenvalue weighted by atomic mass is 16.6. The number of hydrogen-bond donors (Lipinski definition) is 1. The zero-order valence-electron chi connectivity index (χ0n) is 10.3. The van der Waals surface area contributed by atoms with E-state index in [-0.39, 0.29) is 24.0 Å². The van der Waals surface area contributed by atoms with Gasteiger partial charge in [0.1, 0.15) is 6.10 Å². The Hall–Kier alpha value is -0.610. The van der Waals surface area contributed by atoms with E-state index in [1.165, 1.54) is 0 Å². The van der Waals surface area contributed by atoms with Crippen molar-refractivity contribution in [1.82, 2.24) is 0 Å². The summed E-state index contributed by atoms with van der Waals surface area (Å²) >= 11 is 0. The molecule has 0 aliphatic heterocycles. The molecule has 1 unspecified atom stereocenters. The van der Waals surface area contributed by atoms with E-state index >= 15 is 0 Å². The lowest BCUT2D eigenvalue weighted by Crippen LogP contribution is -2.32. The van der Waals surface area contributed by atoms with E-state index in [4.69, 9.17) is 15.2 Å².